The first-order valence-electron chi connectivity index (χ1n) is 9.54. The number of thiophene rings is 1. The first kappa shape index (κ1) is 20.4. The van der Waals surface area contributed by atoms with Gasteiger partial charge in [0.1, 0.15) is 0 Å². The molecule has 3 rings (SSSR count). The van der Waals surface area contributed by atoms with Crippen molar-refractivity contribution in [3.8, 4) is 0 Å². The molecule has 0 bridgehead atoms. The number of benzene rings is 1. The molecule has 28 heavy (non-hydrogen) atoms. The van der Waals surface area contributed by atoms with Crippen LogP contribution in [0.15, 0.2) is 41.8 Å². The molecule has 1 aliphatic heterocycles. The molecule has 150 valence electrons. The van der Waals surface area contributed by atoms with Crippen molar-refractivity contribution in [2.24, 2.45) is 0 Å². The quantitative estimate of drug-likeness (QED) is 0.569. The van der Waals surface area contributed by atoms with Gasteiger partial charge in [-0.25, -0.2) is 0 Å². The van der Waals surface area contributed by atoms with E-state index >= 15 is 0 Å². The van der Waals surface area contributed by atoms with Crippen LogP contribution in [0.4, 0.5) is 5.69 Å². The molecule has 1 saturated heterocycles. The van der Waals surface area contributed by atoms with Gasteiger partial charge in [-0.2, -0.15) is 0 Å². The maximum atomic E-state index is 12.7. The van der Waals surface area contributed by atoms with Crippen molar-refractivity contribution in [1.29, 1.82) is 0 Å². The molecular weight excluding hydrogens is 376 g/mol. The predicted molar refractivity (Wildman–Crippen MR) is 111 cm³/mol. The van der Waals surface area contributed by atoms with Crippen LogP contribution in [0.5, 0.6) is 0 Å². The molecule has 0 aliphatic carbocycles. The first-order chi connectivity index (χ1) is 13.5. The third-order valence-electron chi connectivity index (χ3n) is 5.25. The van der Waals surface area contributed by atoms with Gasteiger partial charge in [0.15, 0.2) is 0 Å². The second-order valence-corrected chi connectivity index (χ2v) is 7.98. The minimum atomic E-state index is -0.465. The summed E-state index contributed by atoms with van der Waals surface area (Å²) in [7, 11) is 0. The second kappa shape index (κ2) is 9.27. The molecule has 1 N–H and O–H groups in total. The van der Waals surface area contributed by atoms with Crippen molar-refractivity contribution in [1.82, 2.24) is 15.1 Å². The summed E-state index contributed by atoms with van der Waals surface area (Å²) in [4.78, 5) is 29.1. The van der Waals surface area contributed by atoms with Gasteiger partial charge >= 0.3 is 0 Å². The van der Waals surface area contributed by atoms with Crippen LogP contribution in [-0.4, -0.2) is 59.4 Å². The number of hydrogen-bond acceptors (Lipinski definition) is 6. The Morgan fingerprint density at radius 3 is 2.43 bits per heavy atom. The highest BCUT2D eigenvalue weighted by atomic mass is 32.1. The Labute approximate surface area is 169 Å². The monoisotopic (exact) mass is 402 g/mol. The van der Waals surface area contributed by atoms with Crippen molar-refractivity contribution >= 4 is 22.9 Å². The third kappa shape index (κ3) is 4.76. The zero-order valence-corrected chi connectivity index (χ0v) is 17.0. The van der Waals surface area contributed by atoms with Gasteiger partial charge in [0.05, 0.1) is 11.0 Å². The average Bonchev–Trinajstić information content (AvgIpc) is 3.23. The molecule has 2 aromatic rings. The average molecular weight is 403 g/mol. The Balaban J connectivity index is 1.71. The molecule has 2 atom stereocenters. The summed E-state index contributed by atoms with van der Waals surface area (Å²) in [5.41, 5.74) is 0.410. The summed E-state index contributed by atoms with van der Waals surface area (Å²) < 4.78 is 0. The topological polar surface area (TPSA) is 78.7 Å². The molecule has 1 aromatic carbocycles. The van der Waals surface area contributed by atoms with Crippen LogP contribution in [0.2, 0.25) is 0 Å². The number of likely N-dealkylation sites (N-methyl/N-ethyl adjacent to an activating group) is 1. The Morgan fingerprint density at radius 1 is 1.21 bits per heavy atom. The highest BCUT2D eigenvalue weighted by molar-refractivity contribution is 7.10. The lowest BCUT2D eigenvalue weighted by Crippen LogP contribution is -2.52. The maximum Gasteiger partial charge on any atom is 0.269 e. The molecule has 0 unspecified atom stereocenters. The highest BCUT2D eigenvalue weighted by Gasteiger charge is 2.30. The SMILES string of the molecule is CCN1CCN([C@@H](c2cccs2)[C@H](C)NC(=O)c2ccc([N+](=O)[O-])cc2)CC1. The molecule has 8 heteroatoms. The number of hydrogen-bond donors (Lipinski definition) is 1. The molecule has 1 amide bonds. The minimum Gasteiger partial charge on any atom is -0.348 e. The van der Waals surface area contributed by atoms with E-state index in [1.54, 1.807) is 11.3 Å². The zero-order chi connectivity index (χ0) is 20.1. The van der Waals surface area contributed by atoms with E-state index in [1.165, 1.54) is 29.1 Å². The summed E-state index contributed by atoms with van der Waals surface area (Å²) in [5, 5.41) is 16.0. The van der Waals surface area contributed by atoms with E-state index in [9.17, 15) is 14.9 Å². The van der Waals surface area contributed by atoms with Crippen LogP contribution in [0.25, 0.3) is 0 Å². The summed E-state index contributed by atoms with van der Waals surface area (Å²) >= 11 is 1.71. The van der Waals surface area contributed by atoms with Gasteiger partial charge in [0.2, 0.25) is 0 Å². The molecule has 7 nitrogen and oxygen atoms in total. The predicted octanol–water partition coefficient (Wildman–Crippen LogP) is 3.15. The normalized spacial score (nSPS) is 17.8. The van der Waals surface area contributed by atoms with Crippen molar-refractivity contribution < 1.29 is 9.72 Å². The van der Waals surface area contributed by atoms with Crippen molar-refractivity contribution in [2.45, 2.75) is 25.9 Å². The summed E-state index contributed by atoms with van der Waals surface area (Å²) in [5.74, 6) is -0.212. The first-order valence-corrected chi connectivity index (χ1v) is 10.4. The zero-order valence-electron chi connectivity index (χ0n) is 16.2. The fraction of sp³-hybridized carbons (Fsp3) is 0.450. The Morgan fingerprint density at radius 2 is 1.89 bits per heavy atom. The molecule has 1 aliphatic rings. The molecule has 2 heterocycles. The standard InChI is InChI=1S/C20H26N4O3S/c1-3-22-10-12-23(13-11-22)19(18-5-4-14-28-18)15(2)21-20(25)16-6-8-17(9-7-16)24(26)27/h4-9,14-15,19H,3,10-13H2,1-2H3,(H,21,25)/t15-,19+/m0/s1. The van der Waals surface area contributed by atoms with Crippen LogP contribution < -0.4 is 5.32 Å². The van der Waals surface area contributed by atoms with Crippen molar-refractivity contribution in [3.63, 3.8) is 0 Å². The number of nitrogens with zero attached hydrogens (tertiary/aromatic N) is 3. The molecular formula is C20H26N4O3S. The van der Waals surface area contributed by atoms with Crippen LogP contribution >= 0.6 is 11.3 Å². The van der Waals surface area contributed by atoms with E-state index in [1.807, 2.05) is 13.0 Å². The lowest BCUT2D eigenvalue weighted by Gasteiger charge is -2.41. The minimum absolute atomic E-state index is 0.0187. The number of nitrogens with one attached hydrogen (secondary N) is 1. The maximum absolute atomic E-state index is 12.7. The second-order valence-electron chi connectivity index (χ2n) is 7.00. The van der Waals surface area contributed by atoms with Gasteiger partial charge in [0.25, 0.3) is 11.6 Å². The van der Waals surface area contributed by atoms with E-state index in [-0.39, 0.29) is 23.7 Å². The molecule has 1 aromatic heterocycles. The Bertz CT molecular complexity index is 786. The van der Waals surface area contributed by atoms with Crippen molar-refractivity contribution in [3.05, 3.63) is 62.3 Å². The molecule has 1 fully saturated rings. The third-order valence-corrected chi connectivity index (χ3v) is 6.20. The number of carbonyl (C=O) groups excluding carboxylic acids is 1. The largest absolute Gasteiger partial charge is 0.348 e. The Hall–Kier alpha value is -2.29. The van der Waals surface area contributed by atoms with Gasteiger partial charge in [-0.05, 0) is 37.0 Å². The van der Waals surface area contributed by atoms with Crippen molar-refractivity contribution in [2.75, 3.05) is 32.7 Å². The molecule has 0 saturated carbocycles. The van der Waals surface area contributed by atoms with E-state index < -0.39 is 4.92 Å². The fourth-order valence-electron chi connectivity index (χ4n) is 3.66. The summed E-state index contributed by atoms with van der Waals surface area (Å²) in [6, 6.07) is 9.91. The van der Waals surface area contributed by atoms with Gasteiger partial charge in [-0.15, -0.1) is 11.3 Å². The smallest absolute Gasteiger partial charge is 0.269 e. The number of carbonyl (C=O) groups is 1. The molecule has 0 radical (unpaired) electrons. The molecule has 0 spiro atoms. The van der Waals surface area contributed by atoms with E-state index in [0.29, 0.717) is 5.56 Å². The van der Waals surface area contributed by atoms with Gasteiger partial charge < -0.3 is 10.2 Å². The van der Waals surface area contributed by atoms with E-state index in [4.69, 9.17) is 0 Å². The summed E-state index contributed by atoms with van der Waals surface area (Å²) in [6.45, 7) is 9.26. The lowest BCUT2D eigenvalue weighted by molar-refractivity contribution is -0.384. The van der Waals surface area contributed by atoms with Crippen LogP contribution in [-0.2, 0) is 0 Å². The lowest BCUT2D eigenvalue weighted by atomic mass is 10.0. The number of piperazine rings is 1. The van der Waals surface area contributed by atoms with E-state index in [0.717, 1.165) is 32.7 Å². The number of rotatable bonds is 7. The fourth-order valence-corrected chi connectivity index (χ4v) is 4.63. The number of amides is 1. The van der Waals surface area contributed by atoms with Crippen LogP contribution in [0.3, 0.4) is 0 Å². The van der Waals surface area contributed by atoms with Crippen LogP contribution in [0, 0.1) is 10.1 Å². The summed E-state index contributed by atoms with van der Waals surface area (Å²) in [6.07, 6.45) is 0. The van der Waals surface area contributed by atoms with E-state index in [2.05, 4.69) is 33.5 Å². The highest BCUT2D eigenvalue weighted by Crippen LogP contribution is 2.29. The van der Waals surface area contributed by atoms with Gasteiger partial charge in [0, 0.05) is 54.8 Å². The van der Waals surface area contributed by atoms with Gasteiger partial charge in [-0.1, -0.05) is 13.0 Å². The Kier molecular flexibility index (Phi) is 6.77. The number of nitro groups is 1. The number of non-ortho nitro benzene ring substituents is 1. The van der Waals surface area contributed by atoms with Gasteiger partial charge in [-0.3, -0.25) is 19.8 Å². The number of nitro benzene ring substituents is 1. The van der Waals surface area contributed by atoms with Crippen LogP contribution in [0.1, 0.15) is 35.1 Å².